The maximum atomic E-state index is 4.28. The molecule has 2 rings (SSSR count). The Labute approximate surface area is 148 Å². The number of halogens is 1. The highest BCUT2D eigenvalue weighted by Gasteiger charge is 2.29. The lowest BCUT2D eigenvalue weighted by atomic mass is 10.1. The van der Waals surface area contributed by atoms with Crippen molar-refractivity contribution in [1.82, 2.24) is 20.4 Å². The number of hydrogen-bond donors (Lipinski definition) is 2. The molecule has 0 amide bonds. The zero-order valence-electron chi connectivity index (χ0n) is 12.8. The fraction of sp³-hybridized carbons (Fsp3) is 0.714. The normalized spacial score (nSPS) is 21.9. The van der Waals surface area contributed by atoms with Gasteiger partial charge in [-0.3, -0.25) is 9.67 Å². The van der Waals surface area contributed by atoms with Gasteiger partial charge >= 0.3 is 0 Å². The van der Waals surface area contributed by atoms with Crippen molar-refractivity contribution in [3.8, 4) is 0 Å². The van der Waals surface area contributed by atoms with E-state index in [1.807, 2.05) is 30.2 Å². The molecule has 2 heterocycles. The van der Waals surface area contributed by atoms with Crippen LogP contribution in [0.15, 0.2) is 23.5 Å². The Morgan fingerprint density at radius 3 is 2.95 bits per heavy atom. The van der Waals surface area contributed by atoms with Crippen LogP contribution in [-0.4, -0.2) is 46.4 Å². The standard InChI is InChI=1S/C14H25N5S.HI/c1-14(6-3-11-20-14)12-17-13(15-2)16-7-4-9-19-10-5-8-18-19;/h5,8,10H,3-4,6-7,9,11-12H2,1-2H3,(H2,15,16,17);1H. The van der Waals surface area contributed by atoms with Crippen LogP contribution in [0.5, 0.6) is 0 Å². The van der Waals surface area contributed by atoms with E-state index in [2.05, 4.69) is 39.4 Å². The molecule has 5 nitrogen and oxygen atoms in total. The predicted octanol–water partition coefficient (Wildman–Crippen LogP) is 2.34. The van der Waals surface area contributed by atoms with Crippen LogP contribution in [-0.2, 0) is 6.54 Å². The van der Waals surface area contributed by atoms with Gasteiger partial charge in [0.05, 0.1) is 0 Å². The van der Waals surface area contributed by atoms with E-state index in [1.165, 1.54) is 18.6 Å². The summed E-state index contributed by atoms with van der Waals surface area (Å²) in [5, 5.41) is 11.0. The zero-order chi connectivity index (χ0) is 14.3. The average molecular weight is 423 g/mol. The number of guanidine groups is 1. The Kier molecular flexibility index (Phi) is 8.46. The summed E-state index contributed by atoms with van der Waals surface area (Å²) in [5.41, 5.74) is 0. The summed E-state index contributed by atoms with van der Waals surface area (Å²) in [4.78, 5) is 4.28. The molecule has 1 saturated heterocycles. The van der Waals surface area contributed by atoms with Gasteiger partial charge < -0.3 is 10.6 Å². The number of aromatic nitrogens is 2. The monoisotopic (exact) mass is 423 g/mol. The highest BCUT2D eigenvalue weighted by atomic mass is 127. The first-order chi connectivity index (χ1) is 9.72. The van der Waals surface area contributed by atoms with Crippen LogP contribution in [0.25, 0.3) is 0 Å². The molecule has 1 aromatic heterocycles. The van der Waals surface area contributed by atoms with Gasteiger partial charge in [0.2, 0.25) is 0 Å². The molecular formula is C14H26IN5S. The van der Waals surface area contributed by atoms with E-state index < -0.39 is 0 Å². The van der Waals surface area contributed by atoms with Crippen molar-refractivity contribution in [3.05, 3.63) is 18.5 Å². The van der Waals surface area contributed by atoms with E-state index in [-0.39, 0.29) is 24.0 Å². The van der Waals surface area contributed by atoms with Crippen molar-refractivity contribution in [1.29, 1.82) is 0 Å². The lowest BCUT2D eigenvalue weighted by Crippen LogP contribution is -2.44. The highest BCUT2D eigenvalue weighted by Crippen LogP contribution is 2.36. The Morgan fingerprint density at radius 1 is 1.48 bits per heavy atom. The van der Waals surface area contributed by atoms with Crippen molar-refractivity contribution >= 4 is 41.7 Å². The molecule has 1 aliphatic rings. The molecule has 2 N–H and O–H groups in total. The van der Waals surface area contributed by atoms with E-state index >= 15 is 0 Å². The quantitative estimate of drug-likeness (QED) is 0.319. The first kappa shape index (κ1) is 18.6. The number of nitrogens with zero attached hydrogens (tertiary/aromatic N) is 3. The van der Waals surface area contributed by atoms with Crippen LogP contribution in [0, 0.1) is 0 Å². The first-order valence-corrected chi connectivity index (χ1v) is 8.26. The molecule has 1 aromatic rings. The number of nitrogens with one attached hydrogen (secondary N) is 2. The predicted molar refractivity (Wildman–Crippen MR) is 102 cm³/mol. The molecule has 0 aliphatic carbocycles. The number of aliphatic imine (C=N–C) groups is 1. The van der Waals surface area contributed by atoms with Crippen molar-refractivity contribution in [2.75, 3.05) is 25.9 Å². The van der Waals surface area contributed by atoms with Crippen LogP contribution < -0.4 is 10.6 Å². The summed E-state index contributed by atoms with van der Waals surface area (Å²) in [6, 6.07) is 1.95. The second-order valence-electron chi connectivity index (χ2n) is 5.38. The highest BCUT2D eigenvalue weighted by molar-refractivity contribution is 14.0. The smallest absolute Gasteiger partial charge is 0.191 e. The SMILES string of the molecule is CN=C(NCCCn1cccn1)NCC1(C)CCCS1.I. The summed E-state index contributed by atoms with van der Waals surface area (Å²) in [6.07, 6.45) is 7.47. The van der Waals surface area contributed by atoms with Crippen LogP contribution in [0.2, 0.25) is 0 Å². The van der Waals surface area contributed by atoms with Gasteiger partial charge in [-0.25, -0.2) is 0 Å². The molecule has 1 fully saturated rings. The van der Waals surface area contributed by atoms with Gasteiger partial charge in [-0.2, -0.15) is 16.9 Å². The minimum atomic E-state index is 0. The van der Waals surface area contributed by atoms with Crippen molar-refractivity contribution in [2.24, 2.45) is 4.99 Å². The molecule has 0 spiro atoms. The van der Waals surface area contributed by atoms with E-state index in [0.717, 1.165) is 32.0 Å². The molecule has 1 atom stereocenters. The topological polar surface area (TPSA) is 54.2 Å². The second kappa shape index (κ2) is 9.55. The number of hydrogen-bond acceptors (Lipinski definition) is 3. The van der Waals surface area contributed by atoms with Crippen molar-refractivity contribution in [3.63, 3.8) is 0 Å². The third kappa shape index (κ3) is 6.46. The molecule has 0 bridgehead atoms. The van der Waals surface area contributed by atoms with Crippen LogP contribution in [0.1, 0.15) is 26.2 Å². The maximum Gasteiger partial charge on any atom is 0.191 e. The van der Waals surface area contributed by atoms with Gasteiger partial charge in [0.1, 0.15) is 0 Å². The zero-order valence-corrected chi connectivity index (χ0v) is 16.0. The van der Waals surface area contributed by atoms with Crippen LogP contribution in [0.4, 0.5) is 0 Å². The fourth-order valence-corrected chi connectivity index (χ4v) is 3.59. The molecule has 120 valence electrons. The molecular weight excluding hydrogens is 397 g/mol. The van der Waals surface area contributed by atoms with Gasteiger partial charge in [-0.1, -0.05) is 0 Å². The third-order valence-electron chi connectivity index (χ3n) is 3.57. The average Bonchev–Trinajstić information content (AvgIpc) is 3.10. The minimum Gasteiger partial charge on any atom is -0.356 e. The summed E-state index contributed by atoms with van der Waals surface area (Å²) in [5.74, 6) is 2.19. The molecule has 0 aromatic carbocycles. The van der Waals surface area contributed by atoms with Crippen LogP contribution >= 0.6 is 35.7 Å². The molecule has 0 radical (unpaired) electrons. The lowest BCUT2D eigenvalue weighted by molar-refractivity contribution is 0.561. The Balaban J connectivity index is 0.00000220. The summed E-state index contributed by atoms with van der Waals surface area (Å²) in [7, 11) is 1.83. The van der Waals surface area contributed by atoms with E-state index in [1.54, 1.807) is 0 Å². The van der Waals surface area contributed by atoms with Gasteiger partial charge in [0.15, 0.2) is 5.96 Å². The van der Waals surface area contributed by atoms with E-state index in [0.29, 0.717) is 4.75 Å². The molecule has 1 aliphatic heterocycles. The fourth-order valence-electron chi connectivity index (χ4n) is 2.35. The Morgan fingerprint density at radius 2 is 2.33 bits per heavy atom. The minimum absolute atomic E-state index is 0. The number of rotatable bonds is 6. The number of thioether (sulfide) groups is 1. The van der Waals surface area contributed by atoms with Crippen molar-refractivity contribution < 1.29 is 0 Å². The van der Waals surface area contributed by atoms with E-state index in [4.69, 9.17) is 0 Å². The van der Waals surface area contributed by atoms with Gasteiger partial charge in [0, 0.05) is 43.8 Å². The van der Waals surface area contributed by atoms with E-state index in [9.17, 15) is 0 Å². The van der Waals surface area contributed by atoms with Crippen molar-refractivity contribution in [2.45, 2.75) is 37.5 Å². The van der Waals surface area contributed by atoms with Gasteiger partial charge in [0.25, 0.3) is 0 Å². The summed E-state index contributed by atoms with van der Waals surface area (Å²) in [6.45, 7) is 5.16. The van der Waals surface area contributed by atoms with Gasteiger partial charge in [-0.15, -0.1) is 24.0 Å². The second-order valence-corrected chi connectivity index (χ2v) is 7.06. The molecule has 0 saturated carbocycles. The largest absolute Gasteiger partial charge is 0.356 e. The molecule has 21 heavy (non-hydrogen) atoms. The summed E-state index contributed by atoms with van der Waals surface area (Å²) >= 11 is 2.07. The summed E-state index contributed by atoms with van der Waals surface area (Å²) < 4.78 is 2.32. The van der Waals surface area contributed by atoms with Gasteiger partial charge in [-0.05, 0) is 38.0 Å². The molecule has 7 heteroatoms. The lowest BCUT2D eigenvalue weighted by Gasteiger charge is -2.24. The molecule has 1 unspecified atom stereocenters. The first-order valence-electron chi connectivity index (χ1n) is 7.28. The Bertz CT molecular complexity index is 415. The maximum absolute atomic E-state index is 4.28. The Hall–Kier alpha value is -0.440. The third-order valence-corrected chi connectivity index (χ3v) is 5.11. The van der Waals surface area contributed by atoms with Crippen LogP contribution in [0.3, 0.4) is 0 Å². The number of aryl methyl sites for hydroxylation is 1.